The fourth-order valence-corrected chi connectivity index (χ4v) is 4.03. The van der Waals surface area contributed by atoms with E-state index in [9.17, 15) is 13.2 Å². The molecule has 1 amide bonds. The van der Waals surface area contributed by atoms with Gasteiger partial charge < -0.3 is 5.73 Å². The molecule has 0 radical (unpaired) electrons. The average Bonchev–Trinajstić information content (AvgIpc) is 3.16. The maximum absolute atomic E-state index is 12.3. The Morgan fingerprint density at radius 3 is 2.17 bits per heavy atom. The largest absolute Gasteiger partial charge is 0.329 e. The van der Waals surface area contributed by atoms with Crippen molar-refractivity contribution in [3.05, 3.63) is 0 Å². The van der Waals surface area contributed by atoms with Crippen molar-refractivity contribution in [2.24, 2.45) is 11.1 Å². The Morgan fingerprint density at radius 1 is 1.17 bits per heavy atom. The summed E-state index contributed by atoms with van der Waals surface area (Å²) in [6, 6.07) is 0. The molecule has 3 N–H and O–H groups in total. The smallest absolute Gasteiger partial charge is 0.240 e. The van der Waals surface area contributed by atoms with Crippen molar-refractivity contribution in [1.29, 1.82) is 0 Å². The molecule has 2 aliphatic carbocycles. The van der Waals surface area contributed by atoms with E-state index < -0.39 is 15.4 Å². The summed E-state index contributed by atoms with van der Waals surface area (Å²) in [5.74, 6) is -0.376. The summed E-state index contributed by atoms with van der Waals surface area (Å²) in [7, 11) is -3.45. The standard InChI is InChI=1S/C12H22N2O3S/c13-9-12(7-3-1-2-4-8-12)11(15)14-18(16,17)10-5-6-10/h10H,1-9,13H2,(H,14,15). The maximum atomic E-state index is 12.3. The van der Waals surface area contributed by atoms with Crippen molar-refractivity contribution in [2.75, 3.05) is 6.54 Å². The number of hydrogen-bond acceptors (Lipinski definition) is 4. The van der Waals surface area contributed by atoms with Gasteiger partial charge in [-0.15, -0.1) is 0 Å². The van der Waals surface area contributed by atoms with Gasteiger partial charge in [-0.2, -0.15) is 0 Å². The van der Waals surface area contributed by atoms with Crippen molar-refractivity contribution in [1.82, 2.24) is 4.72 Å². The Bertz CT molecular complexity index is 407. The van der Waals surface area contributed by atoms with Crippen LogP contribution in [-0.4, -0.2) is 26.1 Å². The normalized spacial score (nSPS) is 24.3. The van der Waals surface area contributed by atoms with Crippen LogP contribution < -0.4 is 10.5 Å². The van der Waals surface area contributed by atoms with E-state index in [0.717, 1.165) is 25.7 Å². The highest BCUT2D eigenvalue weighted by Gasteiger charge is 2.43. The highest BCUT2D eigenvalue weighted by Crippen LogP contribution is 2.35. The summed E-state index contributed by atoms with van der Waals surface area (Å²) in [4.78, 5) is 12.3. The minimum Gasteiger partial charge on any atom is -0.329 e. The van der Waals surface area contributed by atoms with E-state index in [-0.39, 0.29) is 17.7 Å². The summed E-state index contributed by atoms with van der Waals surface area (Å²) in [5.41, 5.74) is 5.10. The molecule has 5 nitrogen and oxygen atoms in total. The summed E-state index contributed by atoms with van der Waals surface area (Å²) in [6.45, 7) is 0.235. The van der Waals surface area contributed by atoms with E-state index in [1.165, 1.54) is 0 Å². The lowest BCUT2D eigenvalue weighted by atomic mass is 9.80. The van der Waals surface area contributed by atoms with Crippen LogP contribution in [0.15, 0.2) is 0 Å². The second-order valence-corrected chi connectivity index (χ2v) is 7.54. The van der Waals surface area contributed by atoms with Crippen LogP contribution in [0.25, 0.3) is 0 Å². The Balaban J connectivity index is 2.08. The summed E-state index contributed by atoms with van der Waals surface area (Å²) in [5, 5.41) is -0.359. The first-order valence-electron chi connectivity index (χ1n) is 6.76. The molecule has 0 aromatic rings. The molecular weight excluding hydrogens is 252 g/mol. The number of carbonyl (C=O) groups is 1. The van der Waals surface area contributed by atoms with Crippen molar-refractivity contribution < 1.29 is 13.2 Å². The number of rotatable bonds is 4. The van der Waals surface area contributed by atoms with Crippen LogP contribution in [0.1, 0.15) is 51.4 Å². The fraction of sp³-hybridized carbons (Fsp3) is 0.917. The van der Waals surface area contributed by atoms with E-state index in [1.54, 1.807) is 0 Å². The third kappa shape index (κ3) is 2.85. The summed E-state index contributed by atoms with van der Waals surface area (Å²) < 4.78 is 25.9. The molecule has 104 valence electrons. The first kappa shape index (κ1) is 13.8. The third-order valence-electron chi connectivity index (χ3n) is 4.13. The minimum absolute atomic E-state index is 0.235. The van der Waals surface area contributed by atoms with Crippen LogP contribution in [0, 0.1) is 5.41 Å². The lowest BCUT2D eigenvalue weighted by molar-refractivity contribution is -0.129. The summed E-state index contributed by atoms with van der Waals surface area (Å²) >= 11 is 0. The molecule has 2 aliphatic rings. The molecule has 0 spiro atoms. The minimum atomic E-state index is -3.45. The molecule has 0 saturated heterocycles. The Labute approximate surface area is 109 Å². The van der Waals surface area contributed by atoms with Crippen LogP contribution in [-0.2, 0) is 14.8 Å². The third-order valence-corrected chi connectivity index (χ3v) is 5.95. The van der Waals surface area contributed by atoms with Crippen LogP contribution in [0.5, 0.6) is 0 Å². The Kier molecular flexibility index (Phi) is 3.96. The zero-order valence-electron chi connectivity index (χ0n) is 10.7. The van der Waals surface area contributed by atoms with E-state index in [4.69, 9.17) is 5.73 Å². The second kappa shape index (κ2) is 5.17. The van der Waals surface area contributed by atoms with Gasteiger partial charge in [0.1, 0.15) is 0 Å². The van der Waals surface area contributed by atoms with E-state index >= 15 is 0 Å². The van der Waals surface area contributed by atoms with Gasteiger partial charge in [-0.25, -0.2) is 8.42 Å². The number of nitrogens with two attached hydrogens (primary N) is 1. The van der Waals surface area contributed by atoms with Crippen LogP contribution in [0.4, 0.5) is 0 Å². The number of sulfonamides is 1. The van der Waals surface area contributed by atoms with Gasteiger partial charge in [-0.05, 0) is 25.7 Å². The van der Waals surface area contributed by atoms with Crippen LogP contribution in [0.2, 0.25) is 0 Å². The molecule has 2 fully saturated rings. The van der Waals surface area contributed by atoms with Crippen LogP contribution >= 0.6 is 0 Å². The van der Waals surface area contributed by atoms with E-state index in [1.807, 2.05) is 0 Å². The van der Waals surface area contributed by atoms with Crippen molar-refractivity contribution in [3.63, 3.8) is 0 Å². The van der Waals surface area contributed by atoms with Gasteiger partial charge in [0.05, 0.1) is 10.7 Å². The topological polar surface area (TPSA) is 89.3 Å². The Morgan fingerprint density at radius 2 is 1.72 bits per heavy atom. The van der Waals surface area contributed by atoms with Crippen molar-refractivity contribution >= 4 is 15.9 Å². The van der Waals surface area contributed by atoms with Gasteiger partial charge in [-0.3, -0.25) is 9.52 Å². The predicted octanol–water partition coefficient (Wildman–Crippen LogP) is 0.894. The monoisotopic (exact) mass is 274 g/mol. The first-order valence-corrected chi connectivity index (χ1v) is 8.31. The molecule has 6 heteroatoms. The molecule has 2 saturated carbocycles. The van der Waals surface area contributed by atoms with Gasteiger partial charge in [0.15, 0.2) is 0 Å². The van der Waals surface area contributed by atoms with E-state index in [0.29, 0.717) is 25.7 Å². The molecule has 0 aromatic carbocycles. The SMILES string of the molecule is NCC1(C(=O)NS(=O)(=O)C2CC2)CCCCCC1. The maximum Gasteiger partial charge on any atom is 0.240 e. The fourth-order valence-electron chi connectivity index (χ4n) is 2.63. The average molecular weight is 274 g/mol. The molecule has 0 atom stereocenters. The summed E-state index contributed by atoms with van der Waals surface area (Å²) in [6.07, 6.45) is 6.85. The zero-order chi connectivity index (χ0) is 13.2. The molecule has 0 bridgehead atoms. The molecular formula is C12H22N2O3S. The van der Waals surface area contributed by atoms with Gasteiger partial charge in [0.25, 0.3) is 0 Å². The number of hydrogen-bond donors (Lipinski definition) is 2. The first-order chi connectivity index (χ1) is 8.50. The van der Waals surface area contributed by atoms with Crippen molar-refractivity contribution in [3.8, 4) is 0 Å². The highest BCUT2D eigenvalue weighted by atomic mass is 32.2. The molecule has 0 heterocycles. The second-order valence-electron chi connectivity index (χ2n) is 5.57. The van der Waals surface area contributed by atoms with Crippen molar-refractivity contribution in [2.45, 2.75) is 56.6 Å². The van der Waals surface area contributed by atoms with Gasteiger partial charge >= 0.3 is 0 Å². The quantitative estimate of drug-likeness (QED) is 0.745. The molecule has 18 heavy (non-hydrogen) atoms. The van der Waals surface area contributed by atoms with Gasteiger partial charge in [0.2, 0.25) is 15.9 Å². The van der Waals surface area contributed by atoms with Gasteiger partial charge in [-0.1, -0.05) is 25.7 Å². The zero-order valence-corrected chi connectivity index (χ0v) is 11.5. The lowest BCUT2D eigenvalue weighted by Gasteiger charge is -2.29. The molecule has 0 unspecified atom stereocenters. The Hall–Kier alpha value is -0.620. The lowest BCUT2D eigenvalue weighted by Crippen LogP contribution is -2.48. The van der Waals surface area contributed by atoms with E-state index in [2.05, 4.69) is 4.72 Å². The molecule has 2 rings (SSSR count). The molecule has 0 aliphatic heterocycles. The highest BCUT2D eigenvalue weighted by molar-refractivity contribution is 7.90. The van der Waals surface area contributed by atoms with Gasteiger partial charge in [0, 0.05) is 6.54 Å². The van der Waals surface area contributed by atoms with Crippen LogP contribution in [0.3, 0.4) is 0 Å². The number of amides is 1. The number of nitrogens with one attached hydrogen (secondary N) is 1. The predicted molar refractivity (Wildman–Crippen MR) is 69.3 cm³/mol. The molecule has 0 aromatic heterocycles. The number of carbonyl (C=O) groups excluding carboxylic acids is 1.